The second-order valence-electron chi connectivity index (χ2n) is 5.50. The van der Waals surface area contributed by atoms with Crippen LogP contribution in [0.25, 0.3) is 22.3 Å². The SMILES string of the molecule is COC(=O)c1nc(-c2ccc3cc(O)cc(OC)c3n2)c(N)cc1C. The number of nitrogen functional groups attached to an aromatic ring is 1. The van der Waals surface area contributed by atoms with E-state index in [1.54, 1.807) is 31.2 Å². The quantitative estimate of drug-likeness (QED) is 0.706. The lowest BCUT2D eigenvalue weighted by Gasteiger charge is -2.11. The van der Waals surface area contributed by atoms with Gasteiger partial charge in [0.15, 0.2) is 5.69 Å². The number of ether oxygens (including phenoxy) is 2. The van der Waals surface area contributed by atoms with Crippen LogP contribution in [-0.2, 0) is 4.74 Å². The van der Waals surface area contributed by atoms with Gasteiger partial charge in [-0.15, -0.1) is 0 Å². The molecule has 3 rings (SSSR count). The smallest absolute Gasteiger partial charge is 0.356 e. The van der Waals surface area contributed by atoms with Crippen molar-refractivity contribution in [3.63, 3.8) is 0 Å². The fourth-order valence-corrected chi connectivity index (χ4v) is 2.62. The molecular formula is C18H17N3O4. The number of pyridine rings is 2. The van der Waals surface area contributed by atoms with Crippen molar-refractivity contribution in [1.29, 1.82) is 0 Å². The molecule has 0 bridgehead atoms. The van der Waals surface area contributed by atoms with Crippen LogP contribution < -0.4 is 10.5 Å². The van der Waals surface area contributed by atoms with E-state index in [4.69, 9.17) is 15.2 Å². The topological polar surface area (TPSA) is 108 Å². The molecule has 0 atom stereocenters. The number of carbonyl (C=O) groups is 1. The molecule has 0 amide bonds. The van der Waals surface area contributed by atoms with Gasteiger partial charge in [0.2, 0.25) is 0 Å². The molecule has 0 aliphatic rings. The summed E-state index contributed by atoms with van der Waals surface area (Å²) in [6, 6.07) is 8.22. The average Bonchev–Trinajstić information content (AvgIpc) is 2.60. The van der Waals surface area contributed by atoms with Crippen LogP contribution in [0.5, 0.6) is 11.5 Å². The third-order valence-electron chi connectivity index (χ3n) is 3.83. The van der Waals surface area contributed by atoms with Crippen LogP contribution in [0.2, 0.25) is 0 Å². The van der Waals surface area contributed by atoms with E-state index in [2.05, 4.69) is 9.97 Å². The highest BCUT2D eigenvalue weighted by Gasteiger charge is 2.17. The Kier molecular flexibility index (Phi) is 4.14. The van der Waals surface area contributed by atoms with Crippen LogP contribution in [0.1, 0.15) is 16.1 Å². The zero-order valence-electron chi connectivity index (χ0n) is 14.0. The van der Waals surface area contributed by atoms with Crippen molar-refractivity contribution in [1.82, 2.24) is 9.97 Å². The number of anilines is 1. The zero-order chi connectivity index (χ0) is 18.1. The Hall–Kier alpha value is -3.35. The molecule has 0 fully saturated rings. The first-order valence-electron chi connectivity index (χ1n) is 7.48. The lowest BCUT2D eigenvalue weighted by molar-refractivity contribution is 0.0593. The first-order chi connectivity index (χ1) is 11.9. The van der Waals surface area contributed by atoms with E-state index in [9.17, 15) is 9.90 Å². The number of aryl methyl sites for hydroxylation is 1. The van der Waals surface area contributed by atoms with Crippen molar-refractivity contribution < 1.29 is 19.4 Å². The Balaban J connectivity index is 2.23. The minimum absolute atomic E-state index is 0.0832. The van der Waals surface area contributed by atoms with Crippen molar-refractivity contribution in [2.24, 2.45) is 0 Å². The fraction of sp³-hybridized carbons (Fsp3) is 0.167. The molecular weight excluding hydrogens is 322 g/mol. The minimum Gasteiger partial charge on any atom is -0.508 e. The summed E-state index contributed by atoms with van der Waals surface area (Å²) in [5, 5.41) is 10.4. The molecule has 0 radical (unpaired) electrons. The number of nitrogens with two attached hydrogens (primary N) is 1. The van der Waals surface area contributed by atoms with Crippen LogP contribution in [-0.4, -0.2) is 35.3 Å². The molecule has 3 N–H and O–H groups in total. The normalized spacial score (nSPS) is 10.7. The fourth-order valence-electron chi connectivity index (χ4n) is 2.62. The Morgan fingerprint density at radius 2 is 1.92 bits per heavy atom. The maximum atomic E-state index is 11.9. The van der Waals surface area contributed by atoms with Gasteiger partial charge in [-0.05, 0) is 30.7 Å². The summed E-state index contributed by atoms with van der Waals surface area (Å²) in [5.74, 6) is -0.0300. The Morgan fingerprint density at radius 1 is 1.16 bits per heavy atom. The van der Waals surface area contributed by atoms with Gasteiger partial charge in [0.1, 0.15) is 22.7 Å². The monoisotopic (exact) mass is 339 g/mol. The highest BCUT2D eigenvalue weighted by atomic mass is 16.5. The van der Waals surface area contributed by atoms with Gasteiger partial charge in [-0.1, -0.05) is 6.07 Å². The predicted octanol–water partition coefficient (Wildman–Crippen LogP) is 2.69. The molecule has 25 heavy (non-hydrogen) atoms. The van der Waals surface area contributed by atoms with Gasteiger partial charge in [-0.3, -0.25) is 0 Å². The number of hydrogen-bond donors (Lipinski definition) is 2. The van der Waals surface area contributed by atoms with Crippen molar-refractivity contribution in [2.75, 3.05) is 20.0 Å². The standard InChI is InChI=1S/C18H17N3O4/c1-9-6-12(19)17(21-15(9)18(23)25-3)13-5-4-10-7-11(22)8-14(24-2)16(10)20-13/h4-8,22H,19H2,1-3H3. The Labute approximate surface area is 144 Å². The first-order valence-corrected chi connectivity index (χ1v) is 7.48. The predicted molar refractivity (Wildman–Crippen MR) is 93.7 cm³/mol. The van der Waals surface area contributed by atoms with E-state index >= 15 is 0 Å². The number of phenols is 1. The summed E-state index contributed by atoms with van der Waals surface area (Å²) in [6.07, 6.45) is 0. The molecule has 0 aliphatic heterocycles. The highest BCUT2D eigenvalue weighted by molar-refractivity contribution is 5.92. The number of rotatable bonds is 3. The average molecular weight is 339 g/mol. The molecule has 128 valence electrons. The molecule has 3 aromatic rings. The van der Waals surface area contributed by atoms with Crippen molar-refractivity contribution in [3.8, 4) is 22.9 Å². The van der Waals surface area contributed by atoms with Crippen molar-refractivity contribution in [2.45, 2.75) is 6.92 Å². The van der Waals surface area contributed by atoms with Gasteiger partial charge < -0.3 is 20.3 Å². The summed E-state index contributed by atoms with van der Waals surface area (Å²) in [4.78, 5) is 20.8. The summed E-state index contributed by atoms with van der Waals surface area (Å²) in [6.45, 7) is 1.74. The van der Waals surface area contributed by atoms with Gasteiger partial charge in [0.05, 0.1) is 25.6 Å². The minimum atomic E-state index is -0.540. The number of aromatic nitrogens is 2. The molecule has 0 unspecified atom stereocenters. The second-order valence-corrected chi connectivity index (χ2v) is 5.50. The van der Waals surface area contributed by atoms with Gasteiger partial charge in [-0.2, -0.15) is 0 Å². The van der Waals surface area contributed by atoms with Crippen LogP contribution in [0.15, 0.2) is 30.3 Å². The zero-order valence-corrected chi connectivity index (χ0v) is 14.0. The lowest BCUT2D eigenvalue weighted by atomic mass is 10.1. The van der Waals surface area contributed by atoms with Crippen LogP contribution in [0, 0.1) is 6.92 Å². The molecule has 0 saturated heterocycles. The molecule has 7 nitrogen and oxygen atoms in total. The van der Waals surface area contributed by atoms with Gasteiger partial charge in [-0.25, -0.2) is 14.8 Å². The second kappa shape index (κ2) is 6.27. The number of benzene rings is 1. The highest BCUT2D eigenvalue weighted by Crippen LogP contribution is 2.32. The van der Waals surface area contributed by atoms with E-state index in [1.165, 1.54) is 20.3 Å². The number of carbonyl (C=O) groups excluding carboxylic acids is 1. The Bertz CT molecular complexity index is 986. The third kappa shape index (κ3) is 2.91. The molecule has 0 spiro atoms. The number of aromatic hydroxyl groups is 1. The molecule has 2 heterocycles. The molecule has 1 aromatic carbocycles. The van der Waals surface area contributed by atoms with E-state index in [1.807, 2.05) is 0 Å². The largest absolute Gasteiger partial charge is 0.508 e. The van der Waals surface area contributed by atoms with Gasteiger partial charge in [0, 0.05) is 11.5 Å². The van der Waals surface area contributed by atoms with Crippen LogP contribution in [0.4, 0.5) is 5.69 Å². The molecule has 0 saturated carbocycles. The van der Waals surface area contributed by atoms with Gasteiger partial charge in [0.25, 0.3) is 0 Å². The number of hydrogen-bond acceptors (Lipinski definition) is 7. The van der Waals surface area contributed by atoms with Gasteiger partial charge >= 0.3 is 5.97 Å². The maximum absolute atomic E-state index is 11.9. The number of esters is 1. The summed E-state index contributed by atoms with van der Waals surface area (Å²) in [7, 11) is 2.79. The molecule has 7 heteroatoms. The number of phenolic OH excluding ortho intramolecular Hbond substituents is 1. The maximum Gasteiger partial charge on any atom is 0.356 e. The van der Waals surface area contributed by atoms with E-state index in [0.717, 1.165) is 0 Å². The number of methoxy groups -OCH3 is 2. The first kappa shape index (κ1) is 16.5. The summed E-state index contributed by atoms with van der Waals surface area (Å²) >= 11 is 0. The molecule has 2 aromatic heterocycles. The van der Waals surface area contributed by atoms with Crippen molar-refractivity contribution in [3.05, 3.63) is 41.6 Å². The summed E-state index contributed by atoms with van der Waals surface area (Å²) < 4.78 is 10.0. The molecule has 0 aliphatic carbocycles. The third-order valence-corrected chi connectivity index (χ3v) is 3.83. The Morgan fingerprint density at radius 3 is 2.60 bits per heavy atom. The van der Waals surface area contributed by atoms with Crippen LogP contribution in [0.3, 0.4) is 0 Å². The number of fused-ring (bicyclic) bond motifs is 1. The summed E-state index contributed by atoms with van der Waals surface area (Å²) in [5.41, 5.74) is 8.70. The van der Waals surface area contributed by atoms with Crippen molar-refractivity contribution >= 4 is 22.6 Å². The van der Waals surface area contributed by atoms with E-state index in [-0.39, 0.29) is 11.4 Å². The van der Waals surface area contributed by atoms with E-state index < -0.39 is 5.97 Å². The lowest BCUT2D eigenvalue weighted by Crippen LogP contribution is -2.09. The van der Waals surface area contributed by atoms with Crippen LogP contribution >= 0.6 is 0 Å². The number of nitrogens with zero attached hydrogens (tertiary/aromatic N) is 2. The van der Waals surface area contributed by atoms with E-state index in [0.29, 0.717) is 39.3 Å².